The Kier molecular flexibility index (Phi) is 2.71. The third-order valence-electron chi connectivity index (χ3n) is 1.49. The molecule has 0 unspecified atom stereocenters. The molecule has 0 radical (unpaired) electrons. The summed E-state index contributed by atoms with van der Waals surface area (Å²) in [4.78, 5) is 0. The maximum Gasteiger partial charge on any atom is 0.104 e. The molecule has 1 aromatic rings. The van der Waals surface area contributed by atoms with E-state index >= 15 is 0 Å². The smallest absolute Gasteiger partial charge is 0.104 e. The Bertz CT molecular complexity index is 221. The van der Waals surface area contributed by atoms with Crippen LogP contribution in [0.2, 0.25) is 0 Å². The molecule has 3 heteroatoms. The average Bonchev–Trinajstić information content (AvgIpc) is 2.10. The second-order valence-corrected chi connectivity index (χ2v) is 3.99. The quantitative estimate of drug-likeness (QED) is 0.743. The molecule has 2 nitrogen and oxygen atoms in total. The van der Waals surface area contributed by atoms with Crippen molar-refractivity contribution in [2.24, 2.45) is 13.0 Å². The molecule has 0 atom stereocenters. The Morgan fingerprint density at radius 3 is 2.64 bits per heavy atom. The molecule has 1 heterocycles. The van der Waals surface area contributed by atoms with Gasteiger partial charge in [-0.15, -0.1) is 0 Å². The Hall–Kier alpha value is -0.310. The SMILES string of the molecule is CC(C)Cc1cc(Br)n(C)n1. The van der Waals surface area contributed by atoms with Gasteiger partial charge in [0.15, 0.2) is 0 Å². The maximum absolute atomic E-state index is 4.32. The molecule has 0 saturated heterocycles. The Morgan fingerprint density at radius 1 is 1.64 bits per heavy atom. The van der Waals surface area contributed by atoms with Crippen molar-refractivity contribution in [3.63, 3.8) is 0 Å². The molecule has 62 valence electrons. The normalized spacial score (nSPS) is 11.0. The van der Waals surface area contributed by atoms with E-state index in [0.717, 1.165) is 16.7 Å². The molecule has 1 rings (SSSR count). The molecule has 0 aliphatic heterocycles. The van der Waals surface area contributed by atoms with Crippen LogP contribution in [0.15, 0.2) is 10.7 Å². The summed E-state index contributed by atoms with van der Waals surface area (Å²) in [5, 5.41) is 4.32. The number of nitrogens with zero attached hydrogens (tertiary/aromatic N) is 2. The monoisotopic (exact) mass is 216 g/mol. The average molecular weight is 217 g/mol. The number of hydrogen-bond acceptors (Lipinski definition) is 1. The molecule has 11 heavy (non-hydrogen) atoms. The molecule has 0 bridgehead atoms. The number of hydrogen-bond donors (Lipinski definition) is 0. The summed E-state index contributed by atoms with van der Waals surface area (Å²) >= 11 is 3.41. The van der Waals surface area contributed by atoms with Gasteiger partial charge in [-0.1, -0.05) is 13.8 Å². The van der Waals surface area contributed by atoms with Gasteiger partial charge in [-0.2, -0.15) is 5.10 Å². The third-order valence-corrected chi connectivity index (χ3v) is 2.23. The lowest BCUT2D eigenvalue weighted by molar-refractivity contribution is 0.619. The van der Waals surface area contributed by atoms with Crippen LogP contribution < -0.4 is 0 Å². The maximum atomic E-state index is 4.32. The zero-order valence-corrected chi connectivity index (χ0v) is 8.72. The van der Waals surface area contributed by atoms with Crippen LogP contribution in [-0.2, 0) is 13.5 Å². The van der Waals surface area contributed by atoms with Crippen LogP contribution in [-0.4, -0.2) is 9.78 Å². The van der Waals surface area contributed by atoms with E-state index in [1.54, 1.807) is 0 Å². The zero-order chi connectivity index (χ0) is 8.43. The highest BCUT2D eigenvalue weighted by molar-refractivity contribution is 9.10. The molecule has 0 saturated carbocycles. The van der Waals surface area contributed by atoms with Crippen molar-refractivity contribution >= 4 is 15.9 Å². The second kappa shape index (κ2) is 3.39. The molecule has 0 aromatic carbocycles. The number of rotatable bonds is 2. The molecular weight excluding hydrogens is 204 g/mol. The minimum absolute atomic E-state index is 0.678. The van der Waals surface area contributed by atoms with Crippen molar-refractivity contribution in [1.82, 2.24) is 9.78 Å². The molecule has 0 aliphatic carbocycles. The lowest BCUT2D eigenvalue weighted by Crippen LogP contribution is -1.96. The molecule has 0 aliphatic rings. The standard InChI is InChI=1S/C8H13BrN2/c1-6(2)4-7-5-8(9)11(3)10-7/h5-6H,4H2,1-3H3. The zero-order valence-electron chi connectivity index (χ0n) is 7.13. The number of aromatic nitrogens is 2. The van der Waals surface area contributed by atoms with Crippen LogP contribution in [0, 0.1) is 5.92 Å². The topological polar surface area (TPSA) is 17.8 Å². The van der Waals surface area contributed by atoms with Crippen molar-refractivity contribution in [1.29, 1.82) is 0 Å². The van der Waals surface area contributed by atoms with Crippen LogP contribution in [0.1, 0.15) is 19.5 Å². The first-order valence-corrected chi connectivity index (χ1v) is 4.57. The first kappa shape index (κ1) is 8.78. The number of halogens is 1. The van der Waals surface area contributed by atoms with Crippen LogP contribution >= 0.6 is 15.9 Å². The Balaban J connectivity index is 2.73. The molecule has 0 amide bonds. The summed E-state index contributed by atoms with van der Waals surface area (Å²) in [5.41, 5.74) is 1.16. The van der Waals surface area contributed by atoms with E-state index in [4.69, 9.17) is 0 Å². The predicted octanol–water partition coefficient (Wildman–Crippen LogP) is 2.38. The highest BCUT2D eigenvalue weighted by Gasteiger charge is 2.03. The van der Waals surface area contributed by atoms with Gasteiger partial charge in [0.1, 0.15) is 4.60 Å². The van der Waals surface area contributed by atoms with Crippen LogP contribution in [0.25, 0.3) is 0 Å². The fraction of sp³-hybridized carbons (Fsp3) is 0.625. The molecule has 1 aromatic heterocycles. The van der Waals surface area contributed by atoms with Crippen molar-refractivity contribution < 1.29 is 0 Å². The second-order valence-electron chi connectivity index (χ2n) is 3.18. The minimum Gasteiger partial charge on any atom is -0.261 e. The summed E-state index contributed by atoms with van der Waals surface area (Å²) in [7, 11) is 1.94. The lowest BCUT2D eigenvalue weighted by atomic mass is 10.1. The van der Waals surface area contributed by atoms with Gasteiger partial charge in [-0.25, -0.2) is 0 Å². The Labute approximate surface area is 75.7 Å². The fourth-order valence-corrected chi connectivity index (χ4v) is 1.36. The largest absolute Gasteiger partial charge is 0.261 e. The highest BCUT2D eigenvalue weighted by Crippen LogP contribution is 2.13. The van der Waals surface area contributed by atoms with Crippen molar-refractivity contribution in [2.75, 3.05) is 0 Å². The summed E-state index contributed by atoms with van der Waals surface area (Å²) < 4.78 is 2.89. The van der Waals surface area contributed by atoms with Crippen molar-refractivity contribution in [3.05, 3.63) is 16.4 Å². The van der Waals surface area contributed by atoms with Gasteiger partial charge in [0, 0.05) is 7.05 Å². The summed E-state index contributed by atoms with van der Waals surface area (Å²) in [5.74, 6) is 0.678. The van der Waals surface area contributed by atoms with Crippen LogP contribution in [0.5, 0.6) is 0 Å². The summed E-state index contributed by atoms with van der Waals surface area (Å²) in [6.07, 6.45) is 1.06. The highest BCUT2D eigenvalue weighted by atomic mass is 79.9. The van der Waals surface area contributed by atoms with E-state index in [2.05, 4.69) is 40.9 Å². The third kappa shape index (κ3) is 2.33. The van der Waals surface area contributed by atoms with Gasteiger partial charge < -0.3 is 0 Å². The van der Waals surface area contributed by atoms with Crippen LogP contribution in [0.3, 0.4) is 0 Å². The number of aryl methyl sites for hydroxylation is 1. The van der Waals surface area contributed by atoms with Gasteiger partial charge in [-0.05, 0) is 34.3 Å². The molecule has 0 N–H and O–H groups in total. The summed E-state index contributed by atoms with van der Waals surface area (Å²) in [6.45, 7) is 4.39. The van der Waals surface area contributed by atoms with Crippen molar-refractivity contribution in [2.45, 2.75) is 20.3 Å². The van der Waals surface area contributed by atoms with E-state index in [1.807, 2.05) is 11.7 Å². The first-order valence-electron chi connectivity index (χ1n) is 3.78. The molecule has 0 spiro atoms. The van der Waals surface area contributed by atoms with Gasteiger partial charge in [0.2, 0.25) is 0 Å². The first-order chi connectivity index (χ1) is 5.09. The van der Waals surface area contributed by atoms with Gasteiger partial charge in [-0.3, -0.25) is 4.68 Å². The van der Waals surface area contributed by atoms with Gasteiger partial charge in [0.05, 0.1) is 5.69 Å². The van der Waals surface area contributed by atoms with Gasteiger partial charge >= 0.3 is 0 Å². The Morgan fingerprint density at radius 2 is 2.27 bits per heavy atom. The van der Waals surface area contributed by atoms with Gasteiger partial charge in [0.25, 0.3) is 0 Å². The molecular formula is C8H13BrN2. The van der Waals surface area contributed by atoms with E-state index < -0.39 is 0 Å². The van der Waals surface area contributed by atoms with Crippen LogP contribution in [0.4, 0.5) is 0 Å². The van der Waals surface area contributed by atoms with E-state index in [9.17, 15) is 0 Å². The minimum atomic E-state index is 0.678. The fourth-order valence-electron chi connectivity index (χ4n) is 1.02. The van der Waals surface area contributed by atoms with E-state index in [0.29, 0.717) is 5.92 Å². The molecule has 0 fully saturated rings. The predicted molar refractivity (Wildman–Crippen MR) is 49.5 cm³/mol. The summed E-state index contributed by atoms with van der Waals surface area (Å²) in [6, 6.07) is 2.07. The van der Waals surface area contributed by atoms with E-state index in [-0.39, 0.29) is 0 Å². The lowest BCUT2D eigenvalue weighted by Gasteiger charge is -1.98. The van der Waals surface area contributed by atoms with E-state index in [1.165, 1.54) is 0 Å². The van der Waals surface area contributed by atoms with Crippen molar-refractivity contribution in [3.8, 4) is 0 Å².